The van der Waals surface area contributed by atoms with Crippen molar-refractivity contribution in [3.05, 3.63) is 48.0 Å². The average molecular weight is 354 g/mol. The van der Waals surface area contributed by atoms with Gasteiger partial charge in [-0.25, -0.2) is 0 Å². The van der Waals surface area contributed by atoms with E-state index in [1.54, 1.807) is 18.2 Å². The van der Waals surface area contributed by atoms with Crippen LogP contribution in [0.25, 0.3) is 0 Å². The van der Waals surface area contributed by atoms with Gasteiger partial charge in [0.05, 0.1) is 25.3 Å². The predicted molar refractivity (Wildman–Crippen MR) is 92.6 cm³/mol. The molecule has 1 amide bonds. The second-order valence-corrected chi connectivity index (χ2v) is 5.57. The van der Waals surface area contributed by atoms with Crippen molar-refractivity contribution in [2.45, 2.75) is 6.10 Å². The molecule has 26 heavy (non-hydrogen) atoms. The summed E-state index contributed by atoms with van der Waals surface area (Å²) in [5, 5.41) is 11.6. The van der Waals surface area contributed by atoms with Crippen LogP contribution in [-0.2, 0) is 4.79 Å². The third-order valence-corrected chi connectivity index (χ3v) is 3.75. The molecule has 0 fully saturated rings. The number of ether oxygens (including phenoxy) is 4. The van der Waals surface area contributed by atoms with Crippen LogP contribution in [0.4, 0.5) is 0 Å². The predicted octanol–water partition coefficient (Wildman–Crippen LogP) is 1.90. The molecule has 0 aromatic heterocycles. The molecule has 3 rings (SSSR count). The molecule has 0 bridgehead atoms. The molecule has 0 saturated heterocycles. The minimum atomic E-state index is -0.293. The number of nitrogens with zero attached hydrogens (tertiary/aromatic N) is 1. The Hall–Kier alpha value is -3.40. The van der Waals surface area contributed by atoms with Gasteiger partial charge in [0.2, 0.25) is 0 Å². The molecule has 0 spiro atoms. The Kier molecular flexibility index (Phi) is 5.44. The fourth-order valence-corrected chi connectivity index (χ4v) is 2.44. The number of carbonyl (C=O) groups is 1. The van der Waals surface area contributed by atoms with Gasteiger partial charge in [-0.1, -0.05) is 12.1 Å². The molecular weight excluding hydrogens is 336 g/mol. The molecule has 0 aliphatic carbocycles. The van der Waals surface area contributed by atoms with Gasteiger partial charge in [0.25, 0.3) is 5.91 Å². The zero-order valence-electron chi connectivity index (χ0n) is 14.2. The molecule has 2 aromatic rings. The van der Waals surface area contributed by atoms with Crippen LogP contribution in [0.15, 0.2) is 42.5 Å². The van der Waals surface area contributed by atoms with E-state index in [9.17, 15) is 4.79 Å². The standard InChI is InChI=1S/C19H18N2O5/c1-23-18-8-13(9-20)6-7-16(18)25-12-19(22)21-10-14-11-24-15-4-2-3-5-17(15)26-14/h2-8,14H,10-12H2,1H3,(H,21,22)/t14-/m1/s1. The van der Waals surface area contributed by atoms with E-state index in [0.29, 0.717) is 41.7 Å². The number of nitriles is 1. The lowest BCUT2D eigenvalue weighted by Crippen LogP contribution is -2.42. The zero-order chi connectivity index (χ0) is 18.4. The Morgan fingerprint density at radius 1 is 1.27 bits per heavy atom. The van der Waals surface area contributed by atoms with Crippen molar-refractivity contribution < 1.29 is 23.7 Å². The van der Waals surface area contributed by atoms with Crippen LogP contribution in [0, 0.1) is 11.3 Å². The summed E-state index contributed by atoms with van der Waals surface area (Å²) < 4.78 is 22.0. The third-order valence-electron chi connectivity index (χ3n) is 3.75. The first-order valence-electron chi connectivity index (χ1n) is 8.05. The van der Waals surface area contributed by atoms with Crippen molar-refractivity contribution in [1.82, 2.24) is 5.32 Å². The van der Waals surface area contributed by atoms with Crippen LogP contribution in [0.5, 0.6) is 23.0 Å². The maximum Gasteiger partial charge on any atom is 0.258 e. The van der Waals surface area contributed by atoms with Crippen LogP contribution >= 0.6 is 0 Å². The van der Waals surface area contributed by atoms with Gasteiger partial charge in [-0.15, -0.1) is 0 Å². The number of para-hydroxylation sites is 2. The minimum Gasteiger partial charge on any atom is -0.493 e. The van der Waals surface area contributed by atoms with Crippen molar-refractivity contribution in [3.63, 3.8) is 0 Å². The summed E-state index contributed by atoms with van der Waals surface area (Å²) >= 11 is 0. The maximum atomic E-state index is 12.0. The van der Waals surface area contributed by atoms with E-state index in [1.807, 2.05) is 30.3 Å². The highest BCUT2D eigenvalue weighted by molar-refractivity contribution is 5.77. The Morgan fingerprint density at radius 2 is 2.08 bits per heavy atom. The number of nitrogens with one attached hydrogen (secondary N) is 1. The van der Waals surface area contributed by atoms with E-state index in [2.05, 4.69) is 5.32 Å². The Morgan fingerprint density at radius 3 is 2.85 bits per heavy atom. The molecule has 1 aliphatic rings. The quantitative estimate of drug-likeness (QED) is 0.852. The molecule has 134 valence electrons. The van der Waals surface area contributed by atoms with Gasteiger partial charge >= 0.3 is 0 Å². The highest BCUT2D eigenvalue weighted by atomic mass is 16.6. The normalized spacial score (nSPS) is 14.8. The third kappa shape index (κ3) is 4.16. The number of amides is 1. The lowest BCUT2D eigenvalue weighted by Gasteiger charge is -2.26. The van der Waals surface area contributed by atoms with Gasteiger partial charge in [-0.3, -0.25) is 4.79 Å². The van der Waals surface area contributed by atoms with E-state index in [4.69, 9.17) is 24.2 Å². The van der Waals surface area contributed by atoms with Crippen LogP contribution in [0.1, 0.15) is 5.56 Å². The van der Waals surface area contributed by atoms with E-state index in [-0.39, 0.29) is 18.6 Å². The molecule has 7 nitrogen and oxygen atoms in total. The van der Waals surface area contributed by atoms with E-state index in [0.717, 1.165) is 0 Å². The van der Waals surface area contributed by atoms with Crippen LogP contribution < -0.4 is 24.3 Å². The van der Waals surface area contributed by atoms with Crippen molar-refractivity contribution >= 4 is 5.91 Å². The number of carbonyl (C=O) groups excluding carboxylic acids is 1. The highest BCUT2D eigenvalue weighted by Crippen LogP contribution is 2.30. The molecule has 2 aromatic carbocycles. The highest BCUT2D eigenvalue weighted by Gasteiger charge is 2.21. The molecular formula is C19H18N2O5. The first-order valence-corrected chi connectivity index (χ1v) is 8.05. The summed E-state index contributed by atoms with van der Waals surface area (Å²) in [4.78, 5) is 12.0. The number of benzene rings is 2. The van der Waals surface area contributed by atoms with Gasteiger partial charge < -0.3 is 24.3 Å². The van der Waals surface area contributed by atoms with Crippen LogP contribution in [0.3, 0.4) is 0 Å². The zero-order valence-corrected chi connectivity index (χ0v) is 14.2. The number of methoxy groups -OCH3 is 1. The van der Waals surface area contributed by atoms with Gasteiger partial charge in [0.15, 0.2) is 29.6 Å². The first-order chi connectivity index (χ1) is 12.7. The monoisotopic (exact) mass is 354 g/mol. The lowest BCUT2D eigenvalue weighted by atomic mass is 10.2. The minimum absolute atomic E-state index is 0.174. The molecule has 0 unspecified atom stereocenters. The molecule has 7 heteroatoms. The Labute approximate surface area is 151 Å². The number of rotatable bonds is 6. The average Bonchev–Trinajstić information content (AvgIpc) is 2.70. The summed E-state index contributed by atoms with van der Waals surface area (Å²) in [6.07, 6.45) is -0.265. The fourth-order valence-electron chi connectivity index (χ4n) is 2.44. The smallest absolute Gasteiger partial charge is 0.258 e. The summed E-state index contributed by atoms with van der Waals surface area (Å²) in [6, 6.07) is 14.2. The molecule has 0 saturated carbocycles. The molecule has 1 heterocycles. The fraction of sp³-hybridized carbons (Fsp3) is 0.263. The van der Waals surface area contributed by atoms with Crippen molar-refractivity contribution in [1.29, 1.82) is 5.26 Å². The summed E-state index contributed by atoms with van der Waals surface area (Å²) in [7, 11) is 1.47. The lowest BCUT2D eigenvalue weighted by molar-refractivity contribution is -0.123. The number of hydrogen-bond donors (Lipinski definition) is 1. The SMILES string of the molecule is COc1cc(C#N)ccc1OCC(=O)NC[C@@H]1COc2ccccc2O1. The largest absolute Gasteiger partial charge is 0.493 e. The summed E-state index contributed by atoms with van der Waals surface area (Å²) in [5.41, 5.74) is 0.452. The van der Waals surface area contributed by atoms with Crippen LogP contribution in [-0.4, -0.2) is 38.9 Å². The van der Waals surface area contributed by atoms with Gasteiger partial charge in [-0.2, -0.15) is 5.26 Å². The van der Waals surface area contributed by atoms with Gasteiger partial charge in [0.1, 0.15) is 12.7 Å². The first kappa shape index (κ1) is 17.4. The van der Waals surface area contributed by atoms with E-state index >= 15 is 0 Å². The van der Waals surface area contributed by atoms with E-state index in [1.165, 1.54) is 7.11 Å². The number of hydrogen-bond acceptors (Lipinski definition) is 6. The second-order valence-electron chi connectivity index (χ2n) is 5.57. The molecule has 1 aliphatic heterocycles. The number of fused-ring (bicyclic) bond motifs is 1. The second kappa shape index (κ2) is 8.12. The topological polar surface area (TPSA) is 89.8 Å². The molecule has 1 atom stereocenters. The van der Waals surface area contributed by atoms with Crippen molar-refractivity contribution in [2.75, 3.05) is 26.9 Å². The van der Waals surface area contributed by atoms with Gasteiger partial charge in [-0.05, 0) is 24.3 Å². The van der Waals surface area contributed by atoms with Crippen molar-refractivity contribution in [3.8, 4) is 29.1 Å². The van der Waals surface area contributed by atoms with E-state index < -0.39 is 0 Å². The summed E-state index contributed by atoms with van der Waals surface area (Å²) in [6.45, 7) is 0.495. The molecule has 1 N–H and O–H groups in total. The Bertz CT molecular complexity index is 831. The summed E-state index contributed by atoms with van der Waals surface area (Å²) in [5.74, 6) is 1.87. The maximum absolute atomic E-state index is 12.0. The van der Waals surface area contributed by atoms with Crippen LogP contribution in [0.2, 0.25) is 0 Å². The van der Waals surface area contributed by atoms with Crippen molar-refractivity contribution in [2.24, 2.45) is 0 Å². The van der Waals surface area contributed by atoms with Gasteiger partial charge in [0, 0.05) is 6.07 Å². The Balaban J connectivity index is 1.47. The molecule has 0 radical (unpaired) electrons.